The van der Waals surface area contributed by atoms with Gasteiger partial charge in [0.15, 0.2) is 6.10 Å². The van der Waals surface area contributed by atoms with Gasteiger partial charge in [0.2, 0.25) is 0 Å². The molecule has 1 fully saturated rings. The number of carbonyl (C=O) groups excluding carboxylic acids is 2. The monoisotopic (exact) mass is 450 g/mol. The van der Waals surface area contributed by atoms with E-state index in [-0.39, 0.29) is 21.4 Å². The Hall–Kier alpha value is -2.58. The molecule has 1 amide bonds. The van der Waals surface area contributed by atoms with Gasteiger partial charge in [-0.05, 0) is 50.1 Å². The Bertz CT molecular complexity index is 1040. The van der Waals surface area contributed by atoms with Crippen molar-refractivity contribution in [3.63, 3.8) is 0 Å². The fraction of sp³-hybridized carbons (Fsp3) is 0.333. The molecule has 0 spiro atoms. The molecule has 0 aromatic heterocycles. The van der Waals surface area contributed by atoms with Gasteiger partial charge in [0.1, 0.15) is 4.90 Å². The van der Waals surface area contributed by atoms with E-state index >= 15 is 0 Å². The van der Waals surface area contributed by atoms with Crippen molar-refractivity contribution in [2.45, 2.75) is 30.8 Å². The first-order chi connectivity index (χ1) is 14.2. The Balaban J connectivity index is 1.82. The molecule has 0 bridgehead atoms. The van der Waals surface area contributed by atoms with Gasteiger partial charge in [-0.1, -0.05) is 29.8 Å². The molecule has 2 aromatic carbocycles. The van der Waals surface area contributed by atoms with Gasteiger partial charge in [-0.15, -0.1) is 0 Å². The van der Waals surface area contributed by atoms with Crippen LogP contribution >= 0.6 is 11.6 Å². The number of halogens is 1. The molecule has 1 aliphatic rings. The molecule has 3 rings (SSSR count). The summed E-state index contributed by atoms with van der Waals surface area (Å²) in [7, 11) is -2.61. The van der Waals surface area contributed by atoms with Gasteiger partial charge < -0.3 is 9.64 Å². The Morgan fingerprint density at radius 1 is 1.10 bits per heavy atom. The van der Waals surface area contributed by atoms with E-state index in [1.807, 2.05) is 0 Å². The first-order valence-electron chi connectivity index (χ1n) is 9.55. The number of rotatable bonds is 6. The number of sulfonamides is 1. The van der Waals surface area contributed by atoms with E-state index < -0.39 is 22.1 Å². The summed E-state index contributed by atoms with van der Waals surface area (Å²) in [6.45, 7) is 2.81. The summed E-state index contributed by atoms with van der Waals surface area (Å²) in [6, 6.07) is 12.4. The lowest BCUT2D eigenvalue weighted by molar-refractivity contribution is -0.138. The van der Waals surface area contributed by atoms with E-state index in [9.17, 15) is 18.0 Å². The summed E-state index contributed by atoms with van der Waals surface area (Å²) in [5, 5.41) is -0.0180. The molecule has 1 atom stereocenters. The Kier molecular flexibility index (Phi) is 6.67. The van der Waals surface area contributed by atoms with Crippen molar-refractivity contribution in [1.82, 2.24) is 4.90 Å². The topological polar surface area (TPSA) is 84.0 Å². The Morgan fingerprint density at radius 3 is 2.37 bits per heavy atom. The molecule has 7 nitrogen and oxygen atoms in total. The van der Waals surface area contributed by atoms with Crippen molar-refractivity contribution in [1.29, 1.82) is 0 Å². The molecule has 9 heteroatoms. The molecule has 0 aliphatic carbocycles. The summed E-state index contributed by atoms with van der Waals surface area (Å²) >= 11 is 6.14. The van der Waals surface area contributed by atoms with Crippen molar-refractivity contribution >= 4 is 39.2 Å². The zero-order chi connectivity index (χ0) is 21.9. The summed E-state index contributed by atoms with van der Waals surface area (Å²) in [5.41, 5.74) is 0.451. The average Bonchev–Trinajstić information content (AvgIpc) is 3.28. The highest BCUT2D eigenvalue weighted by molar-refractivity contribution is 7.93. The molecule has 0 saturated carbocycles. The standard InChI is InChI=1S/C21H23ClN2O5S/c1-15(20(25)24-12-6-7-13-24)29-21(26)16-10-11-18(22)19(14-16)30(27,28)23(2)17-8-4-3-5-9-17/h3-5,8-11,14-15H,6-7,12-13H2,1-2H3. The number of nitrogens with zero attached hydrogens (tertiary/aromatic N) is 2. The SMILES string of the molecule is CC(OC(=O)c1ccc(Cl)c(S(=O)(=O)N(C)c2ccccc2)c1)C(=O)N1CCCC1. The van der Waals surface area contributed by atoms with Gasteiger partial charge in [0.05, 0.1) is 16.3 Å². The van der Waals surface area contributed by atoms with Crippen LogP contribution in [0.5, 0.6) is 0 Å². The van der Waals surface area contributed by atoms with Crippen LogP contribution in [0.2, 0.25) is 5.02 Å². The first-order valence-corrected chi connectivity index (χ1v) is 11.4. The zero-order valence-electron chi connectivity index (χ0n) is 16.7. The van der Waals surface area contributed by atoms with Crippen molar-refractivity contribution in [3.05, 3.63) is 59.1 Å². The fourth-order valence-electron chi connectivity index (χ4n) is 3.23. The van der Waals surface area contributed by atoms with Gasteiger partial charge in [0, 0.05) is 20.1 Å². The molecule has 1 heterocycles. The van der Waals surface area contributed by atoms with E-state index in [4.69, 9.17) is 16.3 Å². The second-order valence-corrected chi connectivity index (χ2v) is 9.38. The van der Waals surface area contributed by atoms with E-state index in [0.717, 1.165) is 17.1 Å². The number of hydrogen-bond acceptors (Lipinski definition) is 5. The first kappa shape index (κ1) is 22.1. The van der Waals surface area contributed by atoms with Crippen LogP contribution in [0, 0.1) is 0 Å². The minimum absolute atomic E-state index is 0.000471. The van der Waals surface area contributed by atoms with Crippen molar-refractivity contribution in [3.8, 4) is 0 Å². The second kappa shape index (κ2) is 9.06. The average molecular weight is 451 g/mol. The van der Waals surface area contributed by atoms with Crippen molar-refractivity contribution in [2.75, 3.05) is 24.4 Å². The van der Waals surface area contributed by atoms with Crippen LogP contribution in [-0.4, -0.2) is 51.4 Å². The fourth-order valence-corrected chi connectivity index (χ4v) is 4.92. The molecule has 2 aromatic rings. The quantitative estimate of drug-likeness (QED) is 0.630. The van der Waals surface area contributed by atoms with Crippen LogP contribution in [0.25, 0.3) is 0 Å². The van der Waals surface area contributed by atoms with Crippen LogP contribution in [0.1, 0.15) is 30.1 Å². The third kappa shape index (κ3) is 4.60. The minimum atomic E-state index is -4.02. The lowest BCUT2D eigenvalue weighted by Gasteiger charge is -2.21. The lowest BCUT2D eigenvalue weighted by Crippen LogP contribution is -2.38. The molecule has 160 valence electrons. The molecular weight excluding hydrogens is 428 g/mol. The Labute approximate surface area is 181 Å². The highest BCUT2D eigenvalue weighted by Gasteiger charge is 2.28. The number of ether oxygens (including phenoxy) is 1. The largest absolute Gasteiger partial charge is 0.449 e. The normalized spacial score (nSPS) is 15.0. The number of amides is 1. The van der Waals surface area contributed by atoms with Crippen LogP contribution in [0.15, 0.2) is 53.4 Å². The molecule has 30 heavy (non-hydrogen) atoms. The third-order valence-corrected chi connectivity index (χ3v) is 7.24. The van der Waals surface area contributed by atoms with Gasteiger partial charge in [-0.3, -0.25) is 9.10 Å². The highest BCUT2D eigenvalue weighted by Crippen LogP contribution is 2.28. The Morgan fingerprint density at radius 2 is 1.73 bits per heavy atom. The number of hydrogen-bond donors (Lipinski definition) is 0. The van der Waals surface area contributed by atoms with E-state index in [2.05, 4.69) is 0 Å². The minimum Gasteiger partial charge on any atom is -0.449 e. The van der Waals surface area contributed by atoms with E-state index in [1.165, 1.54) is 32.2 Å². The van der Waals surface area contributed by atoms with Crippen molar-refractivity contribution < 1.29 is 22.7 Å². The maximum atomic E-state index is 13.1. The van der Waals surface area contributed by atoms with E-state index in [1.54, 1.807) is 35.2 Å². The summed E-state index contributed by atoms with van der Waals surface area (Å²) in [6.07, 6.45) is 0.901. The van der Waals surface area contributed by atoms with Crippen LogP contribution in [0.4, 0.5) is 5.69 Å². The molecule has 1 unspecified atom stereocenters. The number of benzene rings is 2. The predicted molar refractivity (Wildman–Crippen MR) is 114 cm³/mol. The number of carbonyl (C=O) groups is 2. The summed E-state index contributed by atoms with van der Waals surface area (Å²) in [4.78, 5) is 26.4. The van der Waals surface area contributed by atoms with Gasteiger partial charge in [0.25, 0.3) is 15.9 Å². The second-order valence-electron chi connectivity index (χ2n) is 7.03. The van der Waals surface area contributed by atoms with E-state index in [0.29, 0.717) is 18.8 Å². The summed E-state index contributed by atoms with van der Waals surface area (Å²) < 4.78 is 32.5. The number of para-hydroxylation sites is 1. The number of esters is 1. The lowest BCUT2D eigenvalue weighted by atomic mass is 10.2. The maximum absolute atomic E-state index is 13.1. The predicted octanol–water partition coefficient (Wildman–Crippen LogP) is 3.33. The van der Waals surface area contributed by atoms with Gasteiger partial charge in [-0.2, -0.15) is 0 Å². The van der Waals surface area contributed by atoms with Crippen LogP contribution < -0.4 is 4.31 Å². The van der Waals surface area contributed by atoms with Gasteiger partial charge in [-0.25, -0.2) is 13.2 Å². The van der Waals surface area contributed by atoms with Crippen LogP contribution in [0.3, 0.4) is 0 Å². The molecule has 0 radical (unpaired) electrons. The smallest absolute Gasteiger partial charge is 0.338 e. The van der Waals surface area contributed by atoms with Crippen LogP contribution in [-0.2, 0) is 19.6 Å². The van der Waals surface area contributed by atoms with Crippen molar-refractivity contribution in [2.24, 2.45) is 0 Å². The maximum Gasteiger partial charge on any atom is 0.338 e. The number of anilines is 1. The zero-order valence-corrected chi connectivity index (χ0v) is 18.3. The highest BCUT2D eigenvalue weighted by atomic mass is 35.5. The third-order valence-electron chi connectivity index (χ3n) is 4.97. The van der Waals surface area contributed by atoms with Gasteiger partial charge >= 0.3 is 5.97 Å². The molecular formula is C21H23ClN2O5S. The number of likely N-dealkylation sites (tertiary alicyclic amines) is 1. The molecule has 1 aliphatic heterocycles. The summed E-state index contributed by atoms with van der Waals surface area (Å²) in [5.74, 6) is -1.04. The molecule has 1 saturated heterocycles. The molecule has 0 N–H and O–H groups in total.